The standard InChI is InChI=1S/C24H21N3O4S/c1-26(2)32(29,30)17-9-10-22-16(14-17)11-12-27(22)24(28)19-15-21(23-8-5-13-31-23)25-20-7-4-3-6-18(19)20/h3-10,13-15H,11-12H2,1-2H3. The monoisotopic (exact) mass is 447 g/mol. The van der Waals surface area contributed by atoms with Crippen molar-refractivity contribution in [2.45, 2.75) is 11.3 Å². The number of sulfonamides is 1. The number of furan rings is 1. The van der Waals surface area contributed by atoms with Gasteiger partial charge in [0, 0.05) is 31.7 Å². The van der Waals surface area contributed by atoms with Gasteiger partial charge < -0.3 is 9.32 Å². The summed E-state index contributed by atoms with van der Waals surface area (Å²) in [6.07, 6.45) is 2.16. The Kier molecular flexibility index (Phi) is 4.83. The molecular formula is C24H21N3O4S. The molecule has 5 rings (SSSR count). The highest BCUT2D eigenvalue weighted by molar-refractivity contribution is 7.89. The third-order valence-electron chi connectivity index (χ3n) is 5.69. The Balaban J connectivity index is 1.58. The van der Waals surface area contributed by atoms with Crippen LogP contribution in [-0.2, 0) is 16.4 Å². The van der Waals surface area contributed by atoms with Crippen LogP contribution >= 0.6 is 0 Å². The Hall–Kier alpha value is -3.49. The molecule has 0 N–H and O–H groups in total. The molecule has 162 valence electrons. The van der Waals surface area contributed by atoms with E-state index in [0.717, 1.165) is 16.6 Å². The molecule has 0 spiro atoms. The zero-order valence-electron chi connectivity index (χ0n) is 17.6. The van der Waals surface area contributed by atoms with Crippen LogP contribution in [0.25, 0.3) is 22.4 Å². The van der Waals surface area contributed by atoms with Gasteiger partial charge in [0.2, 0.25) is 10.0 Å². The maximum atomic E-state index is 13.7. The van der Waals surface area contributed by atoms with Crippen molar-refractivity contribution >= 4 is 32.5 Å². The lowest BCUT2D eigenvalue weighted by Crippen LogP contribution is -2.29. The Bertz CT molecular complexity index is 1440. The third kappa shape index (κ3) is 3.28. The van der Waals surface area contributed by atoms with Crippen LogP contribution in [0.5, 0.6) is 0 Å². The summed E-state index contributed by atoms with van der Waals surface area (Å²) < 4.78 is 31.7. The zero-order valence-corrected chi connectivity index (χ0v) is 18.5. The molecule has 4 aromatic rings. The van der Waals surface area contributed by atoms with Crippen LogP contribution in [0.1, 0.15) is 15.9 Å². The Morgan fingerprint density at radius 1 is 1.06 bits per heavy atom. The average molecular weight is 448 g/mol. The van der Waals surface area contributed by atoms with Crippen molar-refractivity contribution in [3.05, 3.63) is 78.1 Å². The molecule has 0 aliphatic carbocycles. The second kappa shape index (κ2) is 7.58. The maximum absolute atomic E-state index is 13.7. The van der Waals surface area contributed by atoms with E-state index >= 15 is 0 Å². The molecule has 2 aromatic heterocycles. The van der Waals surface area contributed by atoms with Gasteiger partial charge in [0.25, 0.3) is 5.91 Å². The highest BCUT2D eigenvalue weighted by Gasteiger charge is 2.29. The van der Waals surface area contributed by atoms with E-state index in [4.69, 9.17) is 4.42 Å². The lowest BCUT2D eigenvalue weighted by atomic mass is 10.1. The number of carbonyl (C=O) groups is 1. The normalized spacial score (nSPS) is 13.7. The zero-order chi connectivity index (χ0) is 22.5. The SMILES string of the molecule is CN(C)S(=O)(=O)c1ccc2c(c1)CCN2C(=O)c1cc(-c2ccco2)nc2ccccc12. The summed E-state index contributed by atoms with van der Waals surface area (Å²) in [6.45, 7) is 0.479. The summed E-state index contributed by atoms with van der Waals surface area (Å²) in [7, 11) is -0.530. The molecule has 1 amide bonds. The molecule has 0 bridgehead atoms. The molecule has 0 fully saturated rings. The lowest BCUT2D eigenvalue weighted by molar-refractivity contribution is 0.0991. The molecular weight excluding hydrogens is 426 g/mol. The topological polar surface area (TPSA) is 83.7 Å². The van der Waals surface area contributed by atoms with Crippen molar-refractivity contribution in [2.75, 3.05) is 25.5 Å². The highest BCUT2D eigenvalue weighted by Crippen LogP contribution is 2.34. The summed E-state index contributed by atoms with van der Waals surface area (Å²) >= 11 is 0. The number of aromatic nitrogens is 1. The van der Waals surface area contributed by atoms with Crippen molar-refractivity contribution in [3.8, 4) is 11.5 Å². The largest absolute Gasteiger partial charge is 0.463 e. The summed E-state index contributed by atoms with van der Waals surface area (Å²) in [5, 5.41) is 0.757. The number of hydrogen-bond donors (Lipinski definition) is 0. The minimum Gasteiger partial charge on any atom is -0.463 e. The van der Waals surface area contributed by atoms with Crippen molar-refractivity contribution in [1.29, 1.82) is 0 Å². The third-order valence-corrected chi connectivity index (χ3v) is 7.50. The first kappa shape index (κ1) is 20.4. The minimum absolute atomic E-state index is 0.154. The van der Waals surface area contributed by atoms with Gasteiger partial charge in [-0.05, 0) is 54.4 Å². The number of pyridine rings is 1. The summed E-state index contributed by atoms with van der Waals surface area (Å²) in [6, 6.07) is 17.8. The molecule has 32 heavy (non-hydrogen) atoms. The van der Waals surface area contributed by atoms with Gasteiger partial charge in [-0.2, -0.15) is 0 Å². The van der Waals surface area contributed by atoms with E-state index in [1.54, 1.807) is 41.5 Å². The summed E-state index contributed by atoms with van der Waals surface area (Å²) in [4.78, 5) is 20.3. The van der Waals surface area contributed by atoms with Gasteiger partial charge in [0.05, 0.1) is 22.2 Å². The van der Waals surface area contributed by atoms with Gasteiger partial charge in [0.15, 0.2) is 5.76 Å². The number of para-hydroxylation sites is 1. The van der Waals surface area contributed by atoms with E-state index in [-0.39, 0.29) is 10.8 Å². The van der Waals surface area contributed by atoms with E-state index < -0.39 is 10.0 Å². The number of amides is 1. The number of rotatable bonds is 4. The fraction of sp³-hybridized carbons (Fsp3) is 0.167. The summed E-state index contributed by atoms with van der Waals surface area (Å²) in [5.41, 5.74) is 3.39. The van der Waals surface area contributed by atoms with Crippen LogP contribution in [0.15, 0.2) is 76.2 Å². The molecule has 8 heteroatoms. The molecule has 0 unspecified atom stereocenters. The van der Waals surface area contributed by atoms with Crippen LogP contribution in [-0.4, -0.2) is 44.3 Å². The molecule has 7 nitrogen and oxygen atoms in total. The van der Waals surface area contributed by atoms with Gasteiger partial charge in [-0.25, -0.2) is 17.7 Å². The molecule has 0 saturated carbocycles. The predicted molar refractivity (Wildman–Crippen MR) is 122 cm³/mol. The molecule has 2 aromatic carbocycles. The van der Waals surface area contributed by atoms with E-state index in [2.05, 4.69) is 4.98 Å². The van der Waals surface area contributed by atoms with Gasteiger partial charge in [-0.1, -0.05) is 18.2 Å². The van der Waals surface area contributed by atoms with Gasteiger partial charge >= 0.3 is 0 Å². The number of hydrogen-bond acceptors (Lipinski definition) is 5. The smallest absolute Gasteiger partial charge is 0.259 e. The fourth-order valence-electron chi connectivity index (χ4n) is 4.01. The first-order chi connectivity index (χ1) is 15.4. The molecule has 3 heterocycles. The number of fused-ring (bicyclic) bond motifs is 2. The van der Waals surface area contributed by atoms with Crippen LogP contribution in [0.2, 0.25) is 0 Å². The molecule has 0 radical (unpaired) electrons. The van der Waals surface area contributed by atoms with Crippen molar-refractivity contribution in [3.63, 3.8) is 0 Å². The van der Waals surface area contributed by atoms with Crippen LogP contribution in [0.4, 0.5) is 5.69 Å². The lowest BCUT2D eigenvalue weighted by Gasteiger charge is -2.19. The van der Waals surface area contributed by atoms with Crippen LogP contribution < -0.4 is 4.90 Å². The van der Waals surface area contributed by atoms with Crippen molar-refractivity contribution in [2.24, 2.45) is 0 Å². The second-order valence-corrected chi connectivity index (χ2v) is 9.99. The molecule has 0 saturated heterocycles. The average Bonchev–Trinajstić information content (AvgIpc) is 3.47. The molecule has 1 aliphatic heterocycles. The van der Waals surface area contributed by atoms with Crippen LogP contribution in [0.3, 0.4) is 0 Å². The number of nitrogens with zero attached hydrogens (tertiary/aromatic N) is 3. The maximum Gasteiger partial charge on any atom is 0.259 e. The van der Waals surface area contributed by atoms with Crippen LogP contribution in [0, 0.1) is 0 Å². The Labute approximate surface area is 186 Å². The van der Waals surface area contributed by atoms with E-state index in [0.29, 0.717) is 35.5 Å². The van der Waals surface area contributed by atoms with E-state index in [1.807, 2.05) is 30.3 Å². The second-order valence-electron chi connectivity index (χ2n) is 7.83. The molecule has 1 aliphatic rings. The van der Waals surface area contributed by atoms with Gasteiger partial charge in [-0.15, -0.1) is 0 Å². The molecule has 0 atom stereocenters. The van der Waals surface area contributed by atoms with Crippen molar-refractivity contribution < 1.29 is 17.6 Å². The fourth-order valence-corrected chi connectivity index (χ4v) is 4.96. The highest BCUT2D eigenvalue weighted by atomic mass is 32.2. The summed E-state index contributed by atoms with van der Waals surface area (Å²) in [5.74, 6) is 0.434. The Morgan fingerprint density at radius 2 is 1.88 bits per heavy atom. The quantitative estimate of drug-likeness (QED) is 0.473. The van der Waals surface area contributed by atoms with E-state index in [1.165, 1.54) is 18.4 Å². The minimum atomic E-state index is -3.54. The predicted octanol–water partition coefficient (Wildman–Crippen LogP) is 3.95. The number of benzene rings is 2. The van der Waals surface area contributed by atoms with Gasteiger partial charge in [0.1, 0.15) is 5.69 Å². The van der Waals surface area contributed by atoms with Crippen molar-refractivity contribution in [1.82, 2.24) is 9.29 Å². The van der Waals surface area contributed by atoms with Gasteiger partial charge in [-0.3, -0.25) is 4.79 Å². The number of anilines is 1. The Morgan fingerprint density at radius 3 is 2.62 bits per heavy atom. The number of carbonyl (C=O) groups excluding carboxylic acids is 1. The first-order valence-corrected chi connectivity index (χ1v) is 11.6. The van der Waals surface area contributed by atoms with E-state index in [9.17, 15) is 13.2 Å². The first-order valence-electron chi connectivity index (χ1n) is 10.2.